The minimum atomic E-state index is -0.599. The molecule has 8 heteroatoms. The second-order valence-corrected chi connectivity index (χ2v) is 7.31. The lowest BCUT2D eigenvalue weighted by molar-refractivity contribution is 0.0734. The number of hydrogen-bond donors (Lipinski definition) is 1. The summed E-state index contributed by atoms with van der Waals surface area (Å²) in [5, 5.41) is 4.26. The summed E-state index contributed by atoms with van der Waals surface area (Å²) in [7, 11) is 1.52. The second kappa shape index (κ2) is 10.0. The maximum atomic E-state index is 12.5. The van der Waals surface area contributed by atoms with Crippen molar-refractivity contribution in [2.45, 2.75) is 0 Å². The summed E-state index contributed by atoms with van der Waals surface area (Å²) in [6, 6.07) is 18.3. The van der Waals surface area contributed by atoms with Crippen molar-refractivity contribution >= 4 is 45.6 Å². The van der Waals surface area contributed by atoms with E-state index < -0.39 is 11.9 Å². The summed E-state index contributed by atoms with van der Waals surface area (Å²) in [5.41, 5.74) is 3.56. The van der Waals surface area contributed by atoms with E-state index in [0.717, 1.165) is 4.47 Å². The van der Waals surface area contributed by atoms with Gasteiger partial charge in [-0.2, -0.15) is 5.10 Å². The van der Waals surface area contributed by atoms with Crippen molar-refractivity contribution in [1.82, 2.24) is 5.43 Å². The number of carbonyl (C=O) groups excluding carboxylic acids is 2. The van der Waals surface area contributed by atoms with Crippen LogP contribution in [0.1, 0.15) is 26.3 Å². The van der Waals surface area contributed by atoms with Crippen LogP contribution in [0.3, 0.4) is 0 Å². The van der Waals surface area contributed by atoms with Crippen LogP contribution < -0.4 is 14.9 Å². The Kier molecular flexibility index (Phi) is 7.21. The van der Waals surface area contributed by atoms with Crippen LogP contribution in [0.15, 0.2) is 76.3 Å². The van der Waals surface area contributed by atoms with Crippen LogP contribution in [0.4, 0.5) is 0 Å². The van der Waals surface area contributed by atoms with E-state index in [1.54, 1.807) is 66.7 Å². The zero-order valence-electron chi connectivity index (χ0n) is 15.8. The number of rotatable bonds is 6. The normalized spacial score (nSPS) is 10.6. The van der Waals surface area contributed by atoms with E-state index in [-0.39, 0.29) is 11.3 Å². The van der Waals surface area contributed by atoms with Crippen LogP contribution in [0, 0.1) is 0 Å². The van der Waals surface area contributed by atoms with Gasteiger partial charge in [0.2, 0.25) is 0 Å². The lowest BCUT2D eigenvalue weighted by Gasteiger charge is -2.09. The SMILES string of the molecule is COc1cccc(C(=O)NN=Cc2cc(Br)ccc2OC(=O)c2ccccc2Cl)c1. The lowest BCUT2D eigenvalue weighted by atomic mass is 10.2. The quantitative estimate of drug-likeness (QED) is 0.227. The van der Waals surface area contributed by atoms with Gasteiger partial charge < -0.3 is 9.47 Å². The molecule has 152 valence electrons. The highest BCUT2D eigenvalue weighted by atomic mass is 79.9. The van der Waals surface area contributed by atoms with Crippen molar-refractivity contribution < 1.29 is 19.1 Å². The third-order valence-electron chi connectivity index (χ3n) is 3.97. The Balaban J connectivity index is 1.75. The summed E-state index contributed by atoms with van der Waals surface area (Å²) in [6.07, 6.45) is 1.39. The molecule has 0 radical (unpaired) electrons. The summed E-state index contributed by atoms with van der Waals surface area (Å²) >= 11 is 9.43. The van der Waals surface area contributed by atoms with E-state index in [1.807, 2.05) is 0 Å². The van der Waals surface area contributed by atoms with E-state index in [0.29, 0.717) is 21.9 Å². The number of nitrogens with one attached hydrogen (secondary N) is 1. The molecule has 0 unspecified atom stereocenters. The number of hydrogen-bond acceptors (Lipinski definition) is 5. The molecule has 0 aromatic heterocycles. The molecular weight excluding hydrogens is 472 g/mol. The molecule has 1 N–H and O–H groups in total. The molecule has 0 spiro atoms. The molecule has 0 fully saturated rings. The van der Waals surface area contributed by atoms with Crippen molar-refractivity contribution in [2.75, 3.05) is 7.11 Å². The molecule has 3 rings (SSSR count). The first kappa shape index (κ1) is 21.5. The fourth-order valence-corrected chi connectivity index (χ4v) is 3.08. The van der Waals surface area contributed by atoms with Crippen LogP contribution in [0.5, 0.6) is 11.5 Å². The molecule has 6 nitrogen and oxygen atoms in total. The van der Waals surface area contributed by atoms with E-state index in [1.165, 1.54) is 13.3 Å². The van der Waals surface area contributed by atoms with Gasteiger partial charge in [-0.3, -0.25) is 4.79 Å². The molecule has 0 heterocycles. The number of amides is 1. The van der Waals surface area contributed by atoms with Crippen molar-refractivity contribution in [3.8, 4) is 11.5 Å². The molecule has 0 saturated carbocycles. The molecule has 1 amide bonds. The maximum Gasteiger partial charge on any atom is 0.345 e. The van der Waals surface area contributed by atoms with Crippen molar-refractivity contribution in [3.63, 3.8) is 0 Å². The highest BCUT2D eigenvalue weighted by Crippen LogP contribution is 2.24. The molecule has 0 aliphatic carbocycles. The number of halogens is 2. The molecule has 0 aliphatic rings. The molecule has 30 heavy (non-hydrogen) atoms. The monoisotopic (exact) mass is 486 g/mol. The van der Waals surface area contributed by atoms with Gasteiger partial charge in [0.1, 0.15) is 11.5 Å². The topological polar surface area (TPSA) is 77.0 Å². The fourth-order valence-electron chi connectivity index (χ4n) is 2.48. The average molecular weight is 488 g/mol. The molecular formula is C22H16BrClN2O4. The highest BCUT2D eigenvalue weighted by molar-refractivity contribution is 9.10. The number of benzene rings is 3. The third kappa shape index (κ3) is 5.46. The number of ether oxygens (including phenoxy) is 2. The van der Waals surface area contributed by atoms with Gasteiger partial charge in [-0.1, -0.05) is 45.7 Å². The first-order valence-corrected chi connectivity index (χ1v) is 9.89. The fraction of sp³-hybridized carbons (Fsp3) is 0.0455. The Hall–Kier alpha value is -3.16. The van der Waals surface area contributed by atoms with Crippen molar-refractivity contribution in [1.29, 1.82) is 0 Å². The van der Waals surface area contributed by atoms with Gasteiger partial charge in [-0.15, -0.1) is 0 Å². The first-order chi connectivity index (χ1) is 14.5. The smallest absolute Gasteiger partial charge is 0.345 e. The predicted molar refractivity (Wildman–Crippen MR) is 119 cm³/mol. The summed E-state index contributed by atoms with van der Waals surface area (Å²) in [6.45, 7) is 0. The average Bonchev–Trinajstić information content (AvgIpc) is 2.75. The van der Waals surface area contributed by atoms with Crippen LogP contribution in [-0.4, -0.2) is 25.2 Å². The summed E-state index contributed by atoms with van der Waals surface area (Å²) in [5.74, 6) is -0.178. The molecule has 0 saturated heterocycles. The van der Waals surface area contributed by atoms with E-state index in [2.05, 4.69) is 26.5 Å². The Bertz CT molecular complexity index is 1120. The van der Waals surface area contributed by atoms with E-state index in [9.17, 15) is 9.59 Å². The van der Waals surface area contributed by atoms with Gasteiger partial charge >= 0.3 is 5.97 Å². The largest absolute Gasteiger partial charge is 0.497 e. The molecule has 3 aromatic rings. The number of esters is 1. The summed E-state index contributed by atoms with van der Waals surface area (Å²) in [4.78, 5) is 24.7. The zero-order chi connectivity index (χ0) is 21.5. The molecule has 0 bridgehead atoms. The Morgan fingerprint density at radius 3 is 2.63 bits per heavy atom. The Labute approximate surface area is 186 Å². The first-order valence-electron chi connectivity index (χ1n) is 8.71. The van der Waals surface area contributed by atoms with Gasteiger partial charge in [0.15, 0.2) is 0 Å². The van der Waals surface area contributed by atoms with Gasteiger partial charge in [-0.05, 0) is 48.5 Å². The highest BCUT2D eigenvalue weighted by Gasteiger charge is 2.14. The number of hydrazone groups is 1. The van der Waals surface area contributed by atoms with Crippen molar-refractivity contribution in [2.24, 2.45) is 5.10 Å². The van der Waals surface area contributed by atoms with Gasteiger partial charge in [0.05, 0.1) is 23.9 Å². The minimum absolute atomic E-state index is 0.247. The van der Waals surface area contributed by atoms with Crippen LogP contribution in [0.2, 0.25) is 5.02 Å². The predicted octanol–water partition coefficient (Wildman–Crippen LogP) is 5.09. The minimum Gasteiger partial charge on any atom is -0.497 e. The zero-order valence-corrected chi connectivity index (χ0v) is 18.1. The van der Waals surface area contributed by atoms with Gasteiger partial charge in [0.25, 0.3) is 5.91 Å². The standard InChI is InChI=1S/C22H16BrClN2O4/c1-29-17-6-4-5-14(12-17)21(27)26-25-13-15-11-16(23)9-10-20(15)30-22(28)18-7-2-3-8-19(18)24/h2-13H,1H3,(H,26,27). The van der Waals surface area contributed by atoms with Crippen molar-refractivity contribution in [3.05, 3.63) is 92.9 Å². The maximum absolute atomic E-state index is 12.5. The van der Waals surface area contributed by atoms with Crippen LogP contribution in [-0.2, 0) is 0 Å². The Morgan fingerprint density at radius 1 is 1.07 bits per heavy atom. The second-order valence-electron chi connectivity index (χ2n) is 5.98. The molecule has 0 atom stereocenters. The Morgan fingerprint density at radius 2 is 1.87 bits per heavy atom. The number of carbonyl (C=O) groups is 2. The summed E-state index contributed by atoms with van der Waals surface area (Å²) < 4.78 is 11.3. The molecule has 3 aromatic carbocycles. The number of methoxy groups -OCH3 is 1. The van der Waals surface area contributed by atoms with Gasteiger partial charge in [-0.25, -0.2) is 10.2 Å². The lowest BCUT2D eigenvalue weighted by Crippen LogP contribution is -2.17. The third-order valence-corrected chi connectivity index (χ3v) is 4.79. The number of nitrogens with zero attached hydrogens (tertiary/aromatic N) is 1. The van der Waals surface area contributed by atoms with E-state index in [4.69, 9.17) is 21.1 Å². The van der Waals surface area contributed by atoms with Crippen LogP contribution in [0.25, 0.3) is 0 Å². The molecule has 0 aliphatic heterocycles. The van der Waals surface area contributed by atoms with Crippen LogP contribution >= 0.6 is 27.5 Å². The van der Waals surface area contributed by atoms with Gasteiger partial charge in [0, 0.05) is 15.6 Å². The van der Waals surface area contributed by atoms with E-state index >= 15 is 0 Å².